The molecule has 1 aromatic heterocycles. The number of nitrogens with zero attached hydrogens (tertiary/aromatic N) is 1. The van der Waals surface area contributed by atoms with Gasteiger partial charge in [-0.3, -0.25) is 0 Å². The zero-order chi connectivity index (χ0) is 12.1. The van der Waals surface area contributed by atoms with Gasteiger partial charge >= 0.3 is 0 Å². The van der Waals surface area contributed by atoms with Gasteiger partial charge in [0.15, 0.2) is 0 Å². The predicted molar refractivity (Wildman–Crippen MR) is 65.8 cm³/mol. The van der Waals surface area contributed by atoms with Crippen molar-refractivity contribution in [2.24, 2.45) is 11.7 Å². The van der Waals surface area contributed by atoms with Crippen molar-refractivity contribution in [3.05, 3.63) is 23.9 Å². The lowest BCUT2D eigenvalue weighted by Gasteiger charge is -2.18. The third-order valence-corrected chi connectivity index (χ3v) is 3.33. The van der Waals surface area contributed by atoms with Gasteiger partial charge in [-0.15, -0.1) is 0 Å². The van der Waals surface area contributed by atoms with Crippen LogP contribution in [0.4, 0.5) is 0 Å². The van der Waals surface area contributed by atoms with E-state index in [2.05, 4.69) is 4.98 Å². The quantitative estimate of drug-likeness (QED) is 0.846. The van der Waals surface area contributed by atoms with Gasteiger partial charge < -0.3 is 15.2 Å². The highest BCUT2D eigenvalue weighted by atomic mass is 16.5. The average molecular weight is 236 g/mol. The first-order chi connectivity index (χ1) is 8.33. The smallest absolute Gasteiger partial charge is 0.213 e. The minimum absolute atomic E-state index is 0.299. The molecule has 0 saturated heterocycles. The Kier molecular flexibility index (Phi) is 4.34. The van der Waals surface area contributed by atoms with E-state index < -0.39 is 0 Å². The van der Waals surface area contributed by atoms with Crippen molar-refractivity contribution < 1.29 is 9.47 Å². The fourth-order valence-corrected chi connectivity index (χ4v) is 2.34. The fourth-order valence-electron chi connectivity index (χ4n) is 2.34. The molecule has 1 saturated carbocycles. The molecule has 1 fully saturated rings. The van der Waals surface area contributed by atoms with Crippen LogP contribution in [0, 0.1) is 5.92 Å². The van der Waals surface area contributed by atoms with Crippen molar-refractivity contribution in [2.75, 3.05) is 13.7 Å². The second kappa shape index (κ2) is 5.98. The van der Waals surface area contributed by atoms with E-state index in [0.29, 0.717) is 24.5 Å². The van der Waals surface area contributed by atoms with Gasteiger partial charge in [-0.05, 0) is 31.4 Å². The topological polar surface area (TPSA) is 57.4 Å². The Morgan fingerprint density at radius 3 is 3.06 bits per heavy atom. The zero-order valence-corrected chi connectivity index (χ0v) is 10.3. The molecule has 2 N–H and O–H groups in total. The molecular formula is C13H20N2O2. The largest absolute Gasteiger partial charge is 0.481 e. The van der Waals surface area contributed by atoms with Crippen LogP contribution in [0.3, 0.4) is 0 Å². The van der Waals surface area contributed by atoms with Crippen molar-refractivity contribution in [3.63, 3.8) is 0 Å². The van der Waals surface area contributed by atoms with Crippen LogP contribution < -0.4 is 10.5 Å². The molecule has 94 valence electrons. The molecule has 0 spiro atoms. The molecule has 0 aliphatic heterocycles. The number of aromatic nitrogens is 1. The van der Waals surface area contributed by atoms with Gasteiger partial charge in [0.2, 0.25) is 5.88 Å². The second-order valence-electron chi connectivity index (χ2n) is 4.45. The van der Waals surface area contributed by atoms with Gasteiger partial charge in [0.05, 0.1) is 25.5 Å². The number of rotatable bonds is 5. The Balaban J connectivity index is 1.88. The third-order valence-electron chi connectivity index (χ3n) is 3.33. The second-order valence-corrected chi connectivity index (χ2v) is 4.45. The monoisotopic (exact) mass is 236 g/mol. The van der Waals surface area contributed by atoms with Crippen LogP contribution in [0.25, 0.3) is 0 Å². The molecular weight excluding hydrogens is 216 g/mol. The van der Waals surface area contributed by atoms with Crippen molar-refractivity contribution in [2.45, 2.75) is 32.0 Å². The Morgan fingerprint density at radius 1 is 1.41 bits per heavy atom. The zero-order valence-electron chi connectivity index (χ0n) is 10.3. The maximum Gasteiger partial charge on any atom is 0.213 e. The van der Waals surface area contributed by atoms with Crippen LogP contribution in [0.15, 0.2) is 18.2 Å². The van der Waals surface area contributed by atoms with E-state index in [1.165, 1.54) is 12.8 Å². The molecule has 2 unspecified atom stereocenters. The highest BCUT2D eigenvalue weighted by Crippen LogP contribution is 2.28. The summed E-state index contributed by atoms with van der Waals surface area (Å²) in [6.45, 7) is 1.26. The Hall–Kier alpha value is -1.13. The lowest BCUT2D eigenvalue weighted by Crippen LogP contribution is -2.25. The summed E-state index contributed by atoms with van der Waals surface area (Å²) in [4.78, 5) is 4.32. The highest BCUT2D eigenvalue weighted by Gasteiger charge is 2.26. The maximum atomic E-state index is 5.89. The van der Waals surface area contributed by atoms with E-state index >= 15 is 0 Å². The molecule has 2 atom stereocenters. The minimum atomic E-state index is 0.299. The van der Waals surface area contributed by atoms with Crippen LogP contribution in [-0.4, -0.2) is 24.7 Å². The van der Waals surface area contributed by atoms with Crippen molar-refractivity contribution in [1.82, 2.24) is 4.98 Å². The molecule has 1 aliphatic rings. The standard InChI is InChI=1S/C13H20N2O2/c1-16-13-7-3-5-11(15-13)9-17-12-6-2-4-10(12)8-14/h3,5,7,10,12H,2,4,6,8-9,14H2,1H3. The number of pyridine rings is 1. The summed E-state index contributed by atoms with van der Waals surface area (Å²) < 4.78 is 11.0. The number of nitrogens with two attached hydrogens (primary N) is 1. The molecule has 0 radical (unpaired) electrons. The molecule has 1 heterocycles. The summed E-state index contributed by atoms with van der Waals surface area (Å²) in [5, 5.41) is 0. The highest BCUT2D eigenvalue weighted by molar-refractivity contribution is 5.15. The summed E-state index contributed by atoms with van der Waals surface area (Å²) in [6, 6.07) is 5.72. The van der Waals surface area contributed by atoms with E-state index in [9.17, 15) is 0 Å². The van der Waals surface area contributed by atoms with Gasteiger partial charge in [-0.25, -0.2) is 4.98 Å². The number of ether oxygens (including phenoxy) is 2. The number of hydrogen-bond donors (Lipinski definition) is 1. The van der Waals surface area contributed by atoms with Crippen LogP contribution in [0.5, 0.6) is 5.88 Å². The first-order valence-corrected chi connectivity index (χ1v) is 6.15. The van der Waals surface area contributed by atoms with Gasteiger partial charge in [0.1, 0.15) is 0 Å². The molecule has 0 aromatic carbocycles. The molecule has 1 aromatic rings. The lowest BCUT2D eigenvalue weighted by molar-refractivity contribution is 0.0164. The van der Waals surface area contributed by atoms with Crippen molar-refractivity contribution in [1.29, 1.82) is 0 Å². The van der Waals surface area contributed by atoms with E-state index in [4.69, 9.17) is 15.2 Å². The van der Waals surface area contributed by atoms with E-state index in [-0.39, 0.29) is 0 Å². The first-order valence-electron chi connectivity index (χ1n) is 6.15. The fraction of sp³-hybridized carbons (Fsp3) is 0.615. The van der Waals surface area contributed by atoms with Crippen molar-refractivity contribution in [3.8, 4) is 5.88 Å². The van der Waals surface area contributed by atoms with Gasteiger partial charge in [0.25, 0.3) is 0 Å². The maximum absolute atomic E-state index is 5.89. The number of methoxy groups -OCH3 is 1. The number of hydrogen-bond acceptors (Lipinski definition) is 4. The Labute approximate surface area is 102 Å². The third kappa shape index (κ3) is 3.17. The summed E-state index contributed by atoms with van der Waals surface area (Å²) >= 11 is 0. The molecule has 2 rings (SSSR count). The Bertz CT molecular complexity index is 357. The SMILES string of the molecule is COc1cccc(COC2CCCC2CN)n1. The molecule has 17 heavy (non-hydrogen) atoms. The lowest BCUT2D eigenvalue weighted by atomic mass is 10.1. The van der Waals surface area contributed by atoms with E-state index in [0.717, 1.165) is 18.7 Å². The predicted octanol–water partition coefficient (Wildman–Crippen LogP) is 1.73. The normalized spacial score (nSPS) is 23.9. The summed E-state index contributed by atoms with van der Waals surface area (Å²) in [6.07, 6.45) is 3.82. The van der Waals surface area contributed by atoms with Crippen LogP contribution in [0.1, 0.15) is 25.0 Å². The van der Waals surface area contributed by atoms with Crippen LogP contribution in [-0.2, 0) is 11.3 Å². The minimum Gasteiger partial charge on any atom is -0.481 e. The first kappa shape index (κ1) is 12.3. The Morgan fingerprint density at radius 2 is 2.29 bits per heavy atom. The van der Waals surface area contributed by atoms with Crippen LogP contribution >= 0.6 is 0 Å². The molecule has 1 aliphatic carbocycles. The molecule has 4 heteroatoms. The summed E-state index contributed by atoms with van der Waals surface area (Å²) in [5.41, 5.74) is 6.63. The molecule has 0 bridgehead atoms. The molecule has 4 nitrogen and oxygen atoms in total. The van der Waals surface area contributed by atoms with Gasteiger partial charge in [-0.2, -0.15) is 0 Å². The average Bonchev–Trinajstić information content (AvgIpc) is 2.84. The van der Waals surface area contributed by atoms with Gasteiger partial charge in [-0.1, -0.05) is 12.5 Å². The summed E-state index contributed by atoms with van der Waals surface area (Å²) in [5.74, 6) is 1.15. The van der Waals surface area contributed by atoms with Crippen molar-refractivity contribution >= 4 is 0 Å². The summed E-state index contributed by atoms with van der Waals surface area (Å²) in [7, 11) is 1.62. The molecule has 0 amide bonds. The van der Waals surface area contributed by atoms with Gasteiger partial charge in [0, 0.05) is 6.07 Å². The van der Waals surface area contributed by atoms with Crippen LogP contribution in [0.2, 0.25) is 0 Å². The van der Waals surface area contributed by atoms with E-state index in [1.807, 2.05) is 18.2 Å². The van der Waals surface area contributed by atoms with E-state index in [1.54, 1.807) is 7.11 Å².